The average Bonchev–Trinajstić information content (AvgIpc) is 2.78. The lowest BCUT2D eigenvalue weighted by Crippen LogP contribution is -2.71. The number of nitrogens with zero attached hydrogens (tertiary/aromatic N) is 1. The highest BCUT2D eigenvalue weighted by atomic mass is 16.2. The molecule has 1 aliphatic heterocycles. The number of carbonyl (C=O) groups excluding carboxylic acids is 2. The maximum atomic E-state index is 13.0. The summed E-state index contributed by atoms with van der Waals surface area (Å²) in [5.74, 6) is 1.06. The van der Waals surface area contributed by atoms with Crippen molar-refractivity contribution in [2.75, 3.05) is 6.54 Å². The first kappa shape index (κ1) is 13.9. The van der Waals surface area contributed by atoms with Crippen LogP contribution in [-0.2, 0) is 9.59 Å². The Morgan fingerprint density at radius 1 is 1.20 bits per heavy atom. The van der Waals surface area contributed by atoms with Crippen molar-refractivity contribution < 1.29 is 9.59 Å². The van der Waals surface area contributed by atoms with E-state index in [9.17, 15) is 9.59 Å². The lowest BCUT2D eigenvalue weighted by molar-refractivity contribution is -0.158. The molecule has 0 aromatic carbocycles. The van der Waals surface area contributed by atoms with Gasteiger partial charge in [-0.05, 0) is 37.5 Å². The van der Waals surface area contributed by atoms with E-state index in [0.29, 0.717) is 5.92 Å². The molecule has 4 nitrogen and oxygen atoms in total. The Hall–Kier alpha value is -1.06. The zero-order chi connectivity index (χ0) is 14.3. The Morgan fingerprint density at radius 2 is 1.85 bits per heavy atom. The lowest BCUT2D eigenvalue weighted by atomic mass is 9.82. The highest BCUT2D eigenvalue weighted by molar-refractivity contribution is 6.00. The van der Waals surface area contributed by atoms with Crippen molar-refractivity contribution in [1.82, 2.24) is 10.2 Å². The molecule has 4 heteroatoms. The van der Waals surface area contributed by atoms with Crippen LogP contribution in [0.4, 0.5) is 0 Å². The van der Waals surface area contributed by atoms with Gasteiger partial charge in [0.25, 0.3) is 0 Å². The lowest BCUT2D eigenvalue weighted by Gasteiger charge is -2.47. The number of nitrogens with one attached hydrogen (secondary N) is 1. The summed E-state index contributed by atoms with van der Waals surface area (Å²) in [5, 5.41) is 3.08. The van der Waals surface area contributed by atoms with Crippen LogP contribution >= 0.6 is 0 Å². The first-order valence-corrected chi connectivity index (χ1v) is 8.16. The Labute approximate surface area is 121 Å². The van der Waals surface area contributed by atoms with Crippen LogP contribution in [0, 0.1) is 11.8 Å². The van der Waals surface area contributed by atoms with Crippen LogP contribution in [-0.4, -0.2) is 34.8 Å². The molecule has 1 unspecified atom stereocenters. The summed E-state index contributed by atoms with van der Waals surface area (Å²) in [4.78, 5) is 27.5. The molecule has 0 radical (unpaired) electrons. The fraction of sp³-hybridized carbons (Fsp3) is 0.875. The quantitative estimate of drug-likeness (QED) is 0.859. The van der Waals surface area contributed by atoms with Crippen molar-refractivity contribution in [2.24, 2.45) is 11.8 Å². The van der Waals surface area contributed by atoms with Gasteiger partial charge in [0.2, 0.25) is 11.8 Å². The highest BCUT2D eigenvalue weighted by Crippen LogP contribution is 2.37. The third-order valence-corrected chi connectivity index (χ3v) is 5.41. The first-order chi connectivity index (χ1) is 9.53. The van der Waals surface area contributed by atoms with E-state index >= 15 is 0 Å². The minimum absolute atomic E-state index is 0.0702. The molecule has 3 rings (SSSR count). The second-order valence-corrected chi connectivity index (χ2v) is 7.22. The zero-order valence-corrected chi connectivity index (χ0v) is 12.7. The van der Waals surface area contributed by atoms with E-state index in [0.717, 1.165) is 32.2 Å². The molecule has 0 aromatic heterocycles. The first-order valence-electron chi connectivity index (χ1n) is 8.16. The summed E-state index contributed by atoms with van der Waals surface area (Å²) >= 11 is 0. The molecule has 1 heterocycles. The van der Waals surface area contributed by atoms with E-state index < -0.39 is 5.54 Å². The van der Waals surface area contributed by atoms with Gasteiger partial charge in [0.15, 0.2) is 0 Å². The van der Waals surface area contributed by atoms with E-state index in [1.807, 2.05) is 18.7 Å². The van der Waals surface area contributed by atoms with Crippen molar-refractivity contribution in [1.29, 1.82) is 0 Å². The SMILES string of the molecule is CC(C)C1C(=O)NC2(CCCC2)C(=O)N1CC1CCC1. The van der Waals surface area contributed by atoms with Gasteiger partial charge in [0, 0.05) is 6.54 Å². The van der Waals surface area contributed by atoms with Crippen molar-refractivity contribution in [2.45, 2.75) is 70.4 Å². The van der Waals surface area contributed by atoms with Gasteiger partial charge in [-0.3, -0.25) is 9.59 Å². The number of amides is 2. The number of hydrogen-bond donors (Lipinski definition) is 1. The van der Waals surface area contributed by atoms with Gasteiger partial charge in [-0.25, -0.2) is 0 Å². The van der Waals surface area contributed by atoms with Crippen LogP contribution in [0.15, 0.2) is 0 Å². The fourth-order valence-electron chi connectivity index (χ4n) is 4.04. The minimum atomic E-state index is -0.563. The standard InChI is InChI=1S/C16H26N2O2/c1-11(2)13-14(19)17-16(8-3-4-9-16)15(20)18(13)10-12-6-5-7-12/h11-13H,3-10H2,1-2H3,(H,17,19). The molecular weight excluding hydrogens is 252 g/mol. The van der Waals surface area contributed by atoms with Crippen LogP contribution < -0.4 is 5.32 Å². The molecule has 2 saturated carbocycles. The van der Waals surface area contributed by atoms with Gasteiger partial charge < -0.3 is 10.2 Å². The van der Waals surface area contributed by atoms with Crippen LogP contribution in [0.2, 0.25) is 0 Å². The summed E-state index contributed by atoms with van der Waals surface area (Å²) in [7, 11) is 0. The molecule has 0 bridgehead atoms. The van der Waals surface area contributed by atoms with Crippen molar-refractivity contribution in [3.05, 3.63) is 0 Å². The van der Waals surface area contributed by atoms with Gasteiger partial charge in [-0.1, -0.05) is 33.1 Å². The zero-order valence-electron chi connectivity index (χ0n) is 12.7. The third kappa shape index (κ3) is 2.13. The second kappa shape index (κ2) is 5.05. The Morgan fingerprint density at radius 3 is 2.35 bits per heavy atom. The number of piperazine rings is 1. The van der Waals surface area contributed by atoms with Crippen LogP contribution in [0.5, 0.6) is 0 Å². The van der Waals surface area contributed by atoms with Gasteiger partial charge in [-0.15, -0.1) is 0 Å². The minimum Gasteiger partial charge on any atom is -0.340 e. The normalized spacial score (nSPS) is 29.9. The molecule has 20 heavy (non-hydrogen) atoms. The van der Waals surface area contributed by atoms with Gasteiger partial charge in [0.1, 0.15) is 11.6 Å². The van der Waals surface area contributed by atoms with Gasteiger partial charge >= 0.3 is 0 Å². The molecule has 2 aliphatic carbocycles. The molecule has 1 spiro atoms. The summed E-state index contributed by atoms with van der Waals surface area (Å²) in [6.45, 7) is 4.87. The Bertz CT molecular complexity index is 409. The van der Waals surface area contributed by atoms with E-state index in [-0.39, 0.29) is 23.8 Å². The topological polar surface area (TPSA) is 49.4 Å². The maximum Gasteiger partial charge on any atom is 0.249 e. The summed E-state index contributed by atoms with van der Waals surface area (Å²) in [5.41, 5.74) is -0.563. The Balaban J connectivity index is 1.85. The third-order valence-electron chi connectivity index (χ3n) is 5.41. The van der Waals surface area contributed by atoms with Crippen LogP contribution in [0.3, 0.4) is 0 Å². The number of hydrogen-bond acceptors (Lipinski definition) is 2. The van der Waals surface area contributed by atoms with Crippen LogP contribution in [0.1, 0.15) is 58.8 Å². The smallest absolute Gasteiger partial charge is 0.249 e. The van der Waals surface area contributed by atoms with Crippen molar-refractivity contribution in [3.8, 4) is 0 Å². The molecule has 3 fully saturated rings. The number of rotatable bonds is 3. The van der Waals surface area contributed by atoms with Gasteiger partial charge in [0.05, 0.1) is 0 Å². The maximum absolute atomic E-state index is 13.0. The molecule has 3 aliphatic rings. The predicted octanol–water partition coefficient (Wildman–Crippen LogP) is 2.08. The van der Waals surface area contributed by atoms with Crippen LogP contribution in [0.25, 0.3) is 0 Å². The number of carbonyl (C=O) groups is 2. The molecule has 1 saturated heterocycles. The van der Waals surface area contributed by atoms with E-state index in [4.69, 9.17) is 0 Å². The summed E-state index contributed by atoms with van der Waals surface area (Å²) in [6.07, 6.45) is 7.45. The monoisotopic (exact) mass is 278 g/mol. The molecule has 1 atom stereocenters. The Kier molecular flexibility index (Phi) is 3.51. The molecule has 0 aromatic rings. The molecular formula is C16H26N2O2. The molecule has 112 valence electrons. The highest BCUT2D eigenvalue weighted by Gasteiger charge is 2.52. The molecule has 1 N–H and O–H groups in total. The average molecular weight is 278 g/mol. The summed E-state index contributed by atoms with van der Waals surface area (Å²) < 4.78 is 0. The largest absolute Gasteiger partial charge is 0.340 e. The van der Waals surface area contributed by atoms with Crippen molar-refractivity contribution >= 4 is 11.8 Å². The van der Waals surface area contributed by atoms with E-state index in [1.54, 1.807) is 0 Å². The second-order valence-electron chi connectivity index (χ2n) is 7.22. The summed E-state index contributed by atoms with van der Waals surface area (Å²) in [6, 6.07) is -0.269. The van der Waals surface area contributed by atoms with Crippen molar-refractivity contribution in [3.63, 3.8) is 0 Å². The fourth-order valence-corrected chi connectivity index (χ4v) is 4.04. The van der Waals surface area contributed by atoms with E-state index in [2.05, 4.69) is 5.32 Å². The molecule has 2 amide bonds. The van der Waals surface area contributed by atoms with Gasteiger partial charge in [-0.2, -0.15) is 0 Å². The predicted molar refractivity (Wildman–Crippen MR) is 77.0 cm³/mol. The van der Waals surface area contributed by atoms with E-state index in [1.165, 1.54) is 19.3 Å².